The van der Waals surface area contributed by atoms with Gasteiger partial charge in [0.15, 0.2) is 5.82 Å². The molecule has 0 bridgehead atoms. The van der Waals surface area contributed by atoms with E-state index in [0.717, 1.165) is 25.7 Å². The van der Waals surface area contributed by atoms with Crippen LogP contribution in [-0.4, -0.2) is 29.6 Å². The number of rotatable bonds is 5. The molecule has 1 aliphatic rings. The summed E-state index contributed by atoms with van der Waals surface area (Å²) in [6.45, 7) is 2.44. The second kappa shape index (κ2) is 5.48. The molecule has 0 spiro atoms. The molecule has 0 saturated heterocycles. The molecular formula is C12H20N4O2. The van der Waals surface area contributed by atoms with Crippen LogP contribution in [0.3, 0.4) is 0 Å². The molecule has 1 aromatic heterocycles. The first-order valence-electron chi connectivity index (χ1n) is 6.43. The van der Waals surface area contributed by atoms with Crippen molar-refractivity contribution < 1.29 is 9.32 Å². The summed E-state index contributed by atoms with van der Waals surface area (Å²) < 4.78 is 5.04. The Bertz CT molecular complexity index is 410. The van der Waals surface area contributed by atoms with Crippen LogP contribution in [0.15, 0.2) is 4.52 Å². The summed E-state index contributed by atoms with van der Waals surface area (Å²) in [5.41, 5.74) is -0.414. The van der Waals surface area contributed by atoms with Gasteiger partial charge in [-0.05, 0) is 19.9 Å². The van der Waals surface area contributed by atoms with Crippen molar-refractivity contribution >= 4 is 5.91 Å². The van der Waals surface area contributed by atoms with Gasteiger partial charge in [0.1, 0.15) is 5.54 Å². The van der Waals surface area contributed by atoms with E-state index in [0.29, 0.717) is 24.7 Å². The molecule has 1 aromatic rings. The van der Waals surface area contributed by atoms with Gasteiger partial charge in [-0.15, -0.1) is 0 Å². The number of aryl methyl sites for hydroxylation is 1. The Morgan fingerprint density at radius 1 is 1.44 bits per heavy atom. The number of hydrogen-bond acceptors (Lipinski definition) is 5. The zero-order valence-corrected chi connectivity index (χ0v) is 11.0. The van der Waals surface area contributed by atoms with Crippen molar-refractivity contribution in [1.82, 2.24) is 20.8 Å². The lowest BCUT2D eigenvalue weighted by Crippen LogP contribution is -2.45. The lowest BCUT2D eigenvalue weighted by atomic mass is 9.96. The summed E-state index contributed by atoms with van der Waals surface area (Å²) in [4.78, 5) is 16.2. The van der Waals surface area contributed by atoms with Gasteiger partial charge in [0.05, 0.1) is 0 Å². The molecule has 0 aliphatic heterocycles. The molecule has 0 radical (unpaired) electrons. The largest absolute Gasteiger partial charge is 0.343 e. The number of aromatic nitrogens is 2. The zero-order valence-electron chi connectivity index (χ0n) is 11.0. The molecule has 1 fully saturated rings. The van der Waals surface area contributed by atoms with Crippen LogP contribution >= 0.6 is 0 Å². The Kier molecular flexibility index (Phi) is 3.96. The molecule has 1 aliphatic carbocycles. The van der Waals surface area contributed by atoms with E-state index in [1.807, 2.05) is 7.05 Å². The van der Waals surface area contributed by atoms with E-state index in [-0.39, 0.29) is 5.91 Å². The van der Waals surface area contributed by atoms with Crippen LogP contribution in [-0.2, 0) is 10.3 Å². The van der Waals surface area contributed by atoms with E-state index in [4.69, 9.17) is 4.52 Å². The van der Waals surface area contributed by atoms with Crippen molar-refractivity contribution in [2.75, 3.05) is 13.6 Å². The van der Waals surface area contributed by atoms with Crippen LogP contribution in [0.2, 0.25) is 0 Å². The van der Waals surface area contributed by atoms with Crippen molar-refractivity contribution in [2.24, 2.45) is 0 Å². The minimum atomic E-state index is -0.414. The molecule has 0 unspecified atom stereocenters. The van der Waals surface area contributed by atoms with Crippen LogP contribution in [0, 0.1) is 6.92 Å². The first-order chi connectivity index (χ1) is 8.66. The quantitative estimate of drug-likeness (QED) is 0.813. The van der Waals surface area contributed by atoms with Gasteiger partial charge in [-0.3, -0.25) is 4.79 Å². The second-order valence-electron chi connectivity index (χ2n) is 4.83. The maximum absolute atomic E-state index is 11.9. The number of hydrogen-bond donors (Lipinski definition) is 2. The lowest BCUT2D eigenvalue weighted by Gasteiger charge is -2.26. The van der Waals surface area contributed by atoms with E-state index < -0.39 is 5.54 Å². The number of nitrogens with one attached hydrogen (secondary N) is 2. The van der Waals surface area contributed by atoms with Crippen LogP contribution in [0.4, 0.5) is 0 Å². The van der Waals surface area contributed by atoms with Gasteiger partial charge in [0.2, 0.25) is 11.8 Å². The van der Waals surface area contributed by atoms with Crippen LogP contribution in [0.25, 0.3) is 0 Å². The highest BCUT2D eigenvalue weighted by Gasteiger charge is 2.40. The predicted octanol–water partition coefficient (Wildman–Crippen LogP) is 0.873. The maximum atomic E-state index is 11.9. The SMILES string of the molecule is CNCCC(=O)NC1(c2noc(C)n2)CCCC1. The molecule has 2 N–H and O–H groups in total. The zero-order chi connectivity index (χ0) is 13.0. The van der Waals surface area contributed by atoms with E-state index in [2.05, 4.69) is 20.8 Å². The van der Waals surface area contributed by atoms with E-state index >= 15 is 0 Å². The molecule has 0 aromatic carbocycles. The molecule has 2 rings (SSSR count). The number of carbonyl (C=O) groups excluding carboxylic acids is 1. The molecular weight excluding hydrogens is 232 g/mol. The summed E-state index contributed by atoms with van der Waals surface area (Å²) in [7, 11) is 1.83. The first kappa shape index (κ1) is 13.0. The van der Waals surface area contributed by atoms with Crippen LogP contribution in [0.1, 0.15) is 43.8 Å². The van der Waals surface area contributed by atoms with Crippen molar-refractivity contribution in [1.29, 1.82) is 0 Å². The minimum Gasteiger partial charge on any atom is -0.343 e. The fraction of sp³-hybridized carbons (Fsp3) is 0.750. The average Bonchev–Trinajstić information content (AvgIpc) is 2.96. The Balaban J connectivity index is 2.10. The van der Waals surface area contributed by atoms with Gasteiger partial charge in [-0.2, -0.15) is 4.98 Å². The standard InChI is InChI=1S/C12H20N4O2/c1-9-14-11(16-18-9)12(6-3-4-7-12)15-10(17)5-8-13-2/h13H,3-8H2,1-2H3,(H,15,17). The molecule has 6 nitrogen and oxygen atoms in total. The average molecular weight is 252 g/mol. The molecule has 100 valence electrons. The first-order valence-corrected chi connectivity index (χ1v) is 6.43. The van der Waals surface area contributed by atoms with Gasteiger partial charge in [0, 0.05) is 19.9 Å². The normalized spacial score (nSPS) is 17.9. The Morgan fingerprint density at radius 2 is 2.17 bits per heavy atom. The molecule has 1 amide bonds. The predicted molar refractivity (Wildman–Crippen MR) is 65.9 cm³/mol. The monoisotopic (exact) mass is 252 g/mol. The molecule has 6 heteroatoms. The van der Waals surface area contributed by atoms with E-state index in [1.165, 1.54) is 0 Å². The Hall–Kier alpha value is -1.43. The maximum Gasteiger partial charge on any atom is 0.223 e. The molecule has 0 atom stereocenters. The number of carbonyl (C=O) groups is 1. The Morgan fingerprint density at radius 3 is 2.72 bits per heavy atom. The molecule has 1 saturated carbocycles. The highest BCUT2D eigenvalue weighted by molar-refractivity contribution is 5.77. The van der Waals surface area contributed by atoms with Crippen molar-refractivity contribution in [2.45, 2.75) is 44.6 Å². The number of nitrogens with zero attached hydrogens (tertiary/aromatic N) is 2. The molecule has 18 heavy (non-hydrogen) atoms. The fourth-order valence-electron chi connectivity index (χ4n) is 2.44. The van der Waals surface area contributed by atoms with Crippen LogP contribution < -0.4 is 10.6 Å². The second-order valence-corrected chi connectivity index (χ2v) is 4.83. The van der Waals surface area contributed by atoms with Gasteiger partial charge in [-0.25, -0.2) is 0 Å². The topological polar surface area (TPSA) is 80.0 Å². The lowest BCUT2D eigenvalue weighted by molar-refractivity contribution is -0.123. The highest BCUT2D eigenvalue weighted by atomic mass is 16.5. The van der Waals surface area contributed by atoms with Crippen LogP contribution in [0.5, 0.6) is 0 Å². The fourth-order valence-corrected chi connectivity index (χ4v) is 2.44. The number of amides is 1. The summed E-state index contributed by atoms with van der Waals surface area (Å²) in [5.74, 6) is 1.20. The third-order valence-electron chi connectivity index (χ3n) is 3.39. The van der Waals surface area contributed by atoms with E-state index in [9.17, 15) is 4.79 Å². The van der Waals surface area contributed by atoms with Crippen molar-refractivity contribution in [3.05, 3.63) is 11.7 Å². The summed E-state index contributed by atoms with van der Waals surface area (Å²) >= 11 is 0. The molecule has 1 heterocycles. The van der Waals surface area contributed by atoms with Gasteiger partial charge >= 0.3 is 0 Å². The van der Waals surface area contributed by atoms with Crippen molar-refractivity contribution in [3.8, 4) is 0 Å². The summed E-state index contributed by atoms with van der Waals surface area (Å²) in [6.07, 6.45) is 4.41. The summed E-state index contributed by atoms with van der Waals surface area (Å²) in [6, 6.07) is 0. The highest BCUT2D eigenvalue weighted by Crippen LogP contribution is 2.37. The Labute approximate surface area is 107 Å². The van der Waals surface area contributed by atoms with E-state index in [1.54, 1.807) is 6.92 Å². The third-order valence-corrected chi connectivity index (χ3v) is 3.39. The summed E-state index contributed by atoms with van der Waals surface area (Å²) in [5, 5.41) is 10.0. The van der Waals surface area contributed by atoms with Gasteiger partial charge < -0.3 is 15.2 Å². The third kappa shape index (κ3) is 2.69. The van der Waals surface area contributed by atoms with Gasteiger partial charge in [-0.1, -0.05) is 18.0 Å². The van der Waals surface area contributed by atoms with Crippen molar-refractivity contribution in [3.63, 3.8) is 0 Å². The smallest absolute Gasteiger partial charge is 0.223 e. The minimum absolute atomic E-state index is 0.0358. The van der Waals surface area contributed by atoms with Gasteiger partial charge in [0.25, 0.3) is 0 Å².